The standard InChI is InChI=1S/C9H19NO3S/c1-8(2,6-10)9(11)4-3-5-14(12,13)7-9/h11H,3-7,10H2,1-2H3. The quantitative estimate of drug-likeness (QED) is 0.683. The fourth-order valence-corrected chi connectivity index (χ4v) is 3.81. The number of nitrogens with two attached hydrogens (primary N) is 1. The van der Waals surface area contributed by atoms with Crippen molar-refractivity contribution in [3.05, 3.63) is 0 Å². The molecule has 1 aliphatic rings. The summed E-state index contributed by atoms with van der Waals surface area (Å²) in [5.41, 5.74) is 3.86. The van der Waals surface area contributed by atoms with Crippen LogP contribution in [0.15, 0.2) is 0 Å². The molecule has 1 saturated heterocycles. The minimum Gasteiger partial charge on any atom is -0.388 e. The smallest absolute Gasteiger partial charge is 0.153 e. The summed E-state index contributed by atoms with van der Waals surface area (Å²) in [5, 5.41) is 10.3. The molecule has 0 aromatic carbocycles. The zero-order valence-corrected chi connectivity index (χ0v) is 9.60. The number of sulfone groups is 1. The van der Waals surface area contributed by atoms with E-state index >= 15 is 0 Å². The van der Waals surface area contributed by atoms with E-state index in [4.69, 9.17) is 5.73 Å². The highest BCUT2D eigenvalue weighted by Gasteiger charge is 2.47. The molecule has 0 aliphatic carbocycles. The fourth-order valence-electron chi connectivity index (χ4n) is 1.82. The summed E-state index contributed by atoms with van der Waals surface area (Å²) in [7, 11) is -3.09. The number of rotatable bonds is 2. The lowest BCUT2D eigenvalue weighted by Gasteiger charge is -2.44. The first-order chi connectivity index (χ1) is 6.22. The van der Waals surface area contributed by atoms with Crippen LogP contribution in [0, 0.1) is 5.41 Å². The van der Waals surface area contributed by atoms with Crippen LogP contribution in [0.3, 0.4) is 0 Å². The maximum absolute atomic E-state index is 11.4. The Kier molecular flexibility index (Phi) is 2.96. The molecule has 0 saturated carbocycles. The summed E-state index contributed by atoms with van der Waals surface area (Å²) in [6.45, 7) is 3.92. The van der Waals surface area contributed by atoms with Crippen LogP contribution in [0.5, 0.6) is 0 Å². The molecule has 0 aromatic rings. The van der Waals surface area contributed by atoms with Gasteiger partial charge in [-0.25, -0.2) is 8.42 Å². The van der Waals surface area contributed by atoms with E-state index in [0.717, 1.165) is 0 Å². The highest BCUT2D eigenvalue weighted by atomic mass is 32.2. The van der Waals surface area contributed by atoms with Crippen LogP contribution in [0.1, 0.15) is 26.7 Å². The van der Waals surface area contributed by atoms with Gasteiger partial charge >= 0.3 is 0 Å². The van der Waals surface area contributed by atoms with Crippen LogP contribution in [0.4, 0.5) is 0 Å². The number of hydrogen-bond acceptors (Lipinski definition) is 4. The Labute approximate surface area is 85.4 Å². The summed E-state index contributed by atoms with van der Waals surface area (Å²) >= 11 is 0. The van der Waals surface area contributed by atoms with Gasteiger partial charge in [-0.15, -0.1) is 0 Å². The Hall–Kier alpha value is -0.130. The zero-order chi connectivity index (χ0) is 11.0. The molecule has 0 radical (unpaired) electrons. The molecule has 0 amide bonds. The summed E-state index contributed by atoms with van der Waals surface area (Å²) < 4.78 is 22.9. The fraction of sp³-hybridized carbons (Fsp3) is 1.00. The molecule has 0 spiro atoms. The van der Waals surface area contributed by atoms with Gasteiger partial charge in [-0.2, -0.15) is 0 Å². The molecule has 1 heterocycles. The lowest BCUT2D eigenvalue weighted by molar-refractivity contribution is -0.0526. The molecule has 1 atom stereocenters. The minimum absolute atomic E-state index is 0.149. The molecule has 1 fully saturated rings. The second kappa shape index (κ2) is 3.47. The van der Waals surface area contributed by atoms with Crippen molar-refractivity contribution in [1.29, 1.82) is 0 Å². The summed E-state index contributed by atoms with van der Waals surface area (Å²) in [5.74, 6) is 0.0418. The van der Waals surface area contributed by atoms with Crippen LogP contribution in [0.2, 0.25) is 0 Å². The first kappa shape index (κ1) is 11.9. The van der Waals surface area contributed by atoms with Gasteiger partial charge < -0.3 is 10.8 Å². The Morgan fingerprint density at radius 2 is 2.07 bits per heavy atom. The van der Waals surface area contributed by atoms with Gasteiger partial charge in [-0.05, 0) is 12.8 Å². The molecular weight excluding hydrogens is 202 g/mol. The van der Waals surface area contributed by atoms with Crippen LogP contribution in [-0.4, -0.2) is 37.2 Å². The van der Waals surface area contributed by atoms with Crippen molar-refractivity contribution >= 4 is 9.84 Å². The minimum atomic E-state index is -3.09. The first-order valence-corrected chi connectivity index (χ1v) is 6.67. The van der Waals surface area contributed by atoms with Crippen LogP contribution in [-0.2, 0) is 9.84 Å². The molecule has 14 heavy (non-hydrogen) atoms. The van der Waals surface area contributed by atoms with Gasteiger partial charge in [0, 0.05) is 12.0 Å². The van der Waals surface area contributed by atoms with Gasteiger partial charge in [0.1, 0.15) is 0 Å². The lowest BCUT2D eigenvalue weighted by Crippen LogP contribution is -2.55. The van der Waals surface area contributed by atoms with Crippen molar-refractivity contribution in [2.75, 3.05) is 18.1 Å². The van der Waals surface area contributed by atoms with E-state index in [0.29, 0.717) is 19.4 Å². The molecule has 5 heteroatoms. The number of aliphatic hydroxyl groups is 1. The molecule has 3 N–H and O–H groups in total. The van der Waals surface area contributed by atoms with E-state index in [1.807, 2.05) is 13.8 Å². The predicted molar refractivity (Wildman–Crippen MR) is 55.7 cm³/mol. The lowest BCUT2D eigenvalue weighted by atomic mass is 9.73. The van der Waals surface area contributed by atoms with E-state index in [1.54, 1.807) is 0 Å². The van der Waals surface area contributed by atoms with Crippen molar-refractivity contribution in [3.63, 3.8) is 0 Å². The zero-order valence-electron chi connectivity index (χ0n) is 8.78. The van der Waals surface area contributed by atoms with E-state index in [2.05, 4.69) is 0 Å². The van der Waals surface area contributed by atoms with Crippen molar-refractivity contribution in [2.45, 2.75) is 32.3 Å². The van der Waals surface area contributed by atoms with Gasteiger partial charge in [-0.1, -0.05) is 13.8 Å². The Balaban J connectivity index is 2.95. The van der Waals surface area contributed by atoms with Gasteiger partial charge in [-0.3, -0.25) is 0 Å². The average Bonchev–Trinajstić information content (AvgIpc) is 2.01. The van der Waals surface area contributed by atoms with Crippen molar-refractivity contribution in [3.8, 4) is 0 Å². The molecule has 0 bridgehead atoms. The Morgan fingerprint density at radius 3 is 2.50 bits per heavy atom. The Morgan fingerprint density at radius 1 is 1.50 bits per heavy atom. The highest BCUT2D eigenvalue weighted by Crippen LogP contribution is 2.37. The normalized spacial score (nSPS) is 32.9. The van der Waals surface area contributed by atoms with Crippen LogP contribution in [0.25, 0.3) is 0 Å². The molecule has 1 unspecified atom stereocenters. The molecule has 1 aliphatic heterocycles. The van der Waals surface area contributed by atoms with Crippen molar-refractivity contribution < 1.29 is 13.5 Å². The summed E-state index contributed by atoms with van der Waals surface area (Å²) in [6, 6.07) is 0. The predicted octanol–water partition coefficient (Wildman–Crippen LogP) is -0.0890. The SMILES string of the molecule is CC(C)(CN)C1(O)CCCS(=O)(=O)C1. The second-order valence-corrected chi connectivity index (χ2v) is 7.00. The van der Waals surface area contributed by atoms with E-state index in [9.17, 15) is 13.5 Å². The topological polar surface area (TPSA) is 80.4 Å². The van der Waals surface area contributed by atoms with E-state index < -0.39 is 20.9 Å². The van der Waals surface area contributed by atoms with Crippen LogP contribution >= 0.6 is 0 Å². The monoisotopic (exact) mass is 221 g/mol. The Bertz CT molecular complexity index is 310. The van der Waals surface area contributed by atoms with Crippen LogP contribution < -0.4 is 5.73 Å². The largest absolute Gasteiger partial charge is 0.388 e. The third kappa shape index (κ3) is 2.10. The third-order valence-corrected chi connectivity index (χ3v) is 5.10. The molecule has 84 valence electrons. The highest BCUT2D eigenvalue weighted by molar-refractivity contribution is 7.91. The maximum Gasteiger partial charge on any atom is 0.153 e. The summed E-state index contributed by atoms with van der Waals surface area (Å²) in [4.78, 5) is 0. The first-order valence-electron chi connectivity index (χ1n) is 4.85. The average molecular weight is 221 g/mol. The van der Waals surface area contributed by atoms with Gasteiger partial charge in [0.2, 0.25) is 0 Å². The van der Waals surface area contributed by atoms with E-state index in [-0.39, 0.29) is 11.5 Å². The molecular formula is C9H19NO3S. The third-order valence-electron chi connectivity index (χ3n) is 3.27. The second-order valence-electron chi connectivity index (χ2n) is 4.82. The van der Waals surface area contributed by atoms with Crippen molar-refractivity contribution in [1.82, 2.24) is 0 Å². The maximum atomic E-state index is 11.4. The number of hydrogen-bond donors (Lipinski definition) is 2. The summed E-state index contributed by atoms with van der Waals surface area (Å²) in [6.07, 6.45) is 1.05. The molecule has 4 nitrogen and oxygen atoms in total. The molecule has 0 aromatic heterocycles. The van der Waals surface area contributed by atoms with Gasteiger partial charge in [0.05, 0.1) is 17.1 Å². The van der Waals surface area contributed by atoms with Crippen molar-refractivity contribution in [2.24, 2.45) is 11.1 Å². The van der Waals surface area contributed by atoms with Gasteiger partial charge in [0.15, 0.2) is 9.84 Å². The molecule has 1 rings (SSSR count). The van der Waals surface area contributed by atoms with Gasteiger partial charge in [0.25, 0.3) is 0 Å². The van der Waals surface area contributed by atoms with E-state index in [1.165, 1.54) is 0 Å².